The Kier molecular flexibility index (Phi) is 4.80. The average molecular weight is 482 g/mol. The van der Waals surface area contributed by atoms with E-state index < -0.39 is 0 Å². The summed E-state index contributed by atoms with van der Waals surface area (Å²) in [7, 11) is 0. The first-order valence-electron chi connectivity index (χ1n) is 12.1. The van der Waals surface area contributed by atoms with E-state index in [0.29, 0.717) is 0 Å². The van der Waals surface area contributed by atoms with Crippen LogP contribution in [0.4, 0.5) is 0 Å². The molecule has 0 unspecified atom stereocenters. The van der Waals surface area contributed by atoms with Crippen LogP contribution in [0.3, 0.4) is 0 Å². The number of aryl methyl sites for hydroxylation is 2. The lowest BCUT2D eigenvalue weighted by Gasteiger charge is -2.10. The van der Waals surface area contributed by atoms with Crippen molar-refractivity contribution in [1.82, 2.24) is 4.98 Å². The third-order valence-corrected chi connectivity index (χ3v) is 8.17. The van der Waals surface area contributed by atoms with Crippen molar-refractivity contribution in [3.63, 3.8) is 0 Å². The zero-order valence-electron chi connectivity index (χ0n) is 20.1. The molecule has 0 saturated heterocycles. The summed E-state index contributed by atoms with van der Waals surface area (Å²) in [6.45, 7) is 4.36. The summed E-state index contributed by atoms with van der Waals surface area (Å²) in [4.78, 5) is 6.07. The van der Waals surface area contributed by atoms with E-state index in [1.54, 1.807) is 11.3 Å². The number of furan rings is 1. The summed E-state index contributed by atoms with van der Waals surface area (Å²) >= 11 is 1.81. The molecule has 4 aromatic carbocycles. The highest BCUT2D eigenvalue weighted by Gasteiger charge is 2.14. The lowest BCUT2D eigenvalue weighted by Crippen LogP contribution is -1.87. The molecule has 0 amide bonds. The first-order chi connectivity index (χ1) is 17.7. The second-order valence-corrected chi connectivity index (χ2v) is 10.4. The quantitative estimate of drug-likeness (QED) is 0.251. The summed E-state index contributed by atoms with van der Waals surface area (Å²) in [5, 5.41) is 3.42. The fraction of sp³-hybridized carbons (Fsp3) is 0.0606. The summed E-state index contributed by atoms with van der Waals surface area (Å²) in [6.07, 6.45) is 1.98. The maximum atomic E-state index is 6.25. The van der Waals surface area contributed by atoms with Crippen molar-refractivity contribution in [3.8, 4) is 32.8 Å². The molecule has 0 aliphatic carbocycles. The largest absolute Gasteiger partial charge is 0.455 e. The van der Waals surface area contributed by atoms with Crippen molar-refractivity contribution in [1.29, 1.82) is 0 Å². The Balaban J connectivity index is 1.28. The summed E-state index contributed by atoms with van der Waals surface area (Å²) < 4.78 is 7.48. The highest BCUT2D eigenvalue weighted by atomic mass is 32.1. The molecular weight excluding hydrogens is 458 g/mol. The van der Waals surface area contributed by atoms with Crippen LogP contribution in [-0.2, 0) is 0 Å². The monoisotopic (exact) mass is 481 g/mol. The van der Waals surface area contributed by atoms with Crippen molar-refractivity contribution < 1.29 is 4.42 Å². The highest BCUT2D eigenvalue weighted by Crippen LogP contribution is 2.39. The van der Waals surface area contributed by atoms with Gasteiger partial charge in [0.05, 0.1) is 5.69 Å². The summed E-state index contributed by atoms with van der Waals surface area (Å²) in [5.74, 6) is 0. The lowest BCUT2D eigenvalue weighted by atomic mass is 9.95. The molecule has 7 aromatic rings. The number of aromatic nitrogens is 1. The van der Waals surface area contributed by atoms with Crippen molar-refractivity contribution in [2.24, 2.45) is 0 Å². The Morgan fingerprint density at radius 3 is 2.25 bits per heavy atom. The average Bonchev–Trinajstić information content (AvgIpc) is 3.50. The molecule has 0 saturated carbocycles. The number of nitrogens with zero attached hydrogens (tertiary/aromatic N) is 1. The van der Waals surface area contributed by atoms with E-state index in [1.807, 2.05) is 18.3 Å². The molecule has 7 rings (SSSR count). The van der Waals surface area contributed by atoms with Gasteiger partial charge in [-0.1, -0.05) is 72.8 Å². The van der Waals surface area contributed by atoms with Gasteiger partial charge in [-0.3, -0.25) is 4.98 Å². The van der Waals surface area contributed by atoms with Crippen LogP contribution in [-0.4, -0.2) is 4.98 Å². The Hall–Kier alpha value is -4.21. The molecule has 36 heavy (non-hydrogen) atoms. The molecule has 0 fully saturated rings. The van der Waals surface area contributed by atoms with E-state index in [1.165, 1.54) is 37.4 Å². The maximum absolute atomic E-state index is 6.25. The van der Waals surface area contributed by atoms with Crippen molar-refractivity contribution in [3.05, 3.63) is 114 Å². The van der Waals surface area contributed by atoms with Crippen LogP contribution in [0.15, 0.2) is 108 Å². The molecule has 0 aliphatic rings. The van der Waals surface area contributed by atoms with Crippen LogP contribution in [0.25, 0.3) is 64.8 Å². The fourth-order valence-electron chi connectivity index (χ4n) is 5.24. The van der Waals surface area contributed by atoms with Crippen LogP contribution >= 0.6 is 11.3 Å². The summed E-state index contributed by atoms with van der Waals surface area (Å²) in [5.41, 5.74) is 10.2. The van der Waals surface area contributed by atoms with Gasteiger partial charge in [-0.2, -0.15) is 0 Å². The smallest absolute Gasteiger partial charge is 0.144 e. The number of thiophene rings is 1. The number of para-hydroxylation sites is 2. The second kappa shape index (κ2) is 8.18. The van der Waals surface area contributed by atoms with E-state index in [-0.39, 0.29) is 0 Å². The van der Waals surface area contributed by atoms with Crippen LogP contribution in [0, 0.1) is 13.8 Å². The molecule has 0 aliphatic heterocycles. The van der Waals surface area contributed by atoms with Crippen LogP contribution in [0.1, 0.15) is 11.1 Å². The van der Waals surface area contributed by atoms with Crippen molar-refractivity contribution in [2.45, 2.75) is 13.8 Å². The number of pyridine rings is 1. The van der Waals surface area contributed by atoms with E-state index in [9.17, 15) is 0 Å². The van der Waals surface area contributed by atoms with E-state index >= 15 is 0 Å². The number of benzene rings is 4. The minimum absolute atomic E-state index is 0.893. The molecular formula is C33H23NOS. The predicted octanol–water partition coefficient (Wildman–Crippen LogP) is 9.81. The standard InChI is InChI=1S/C33H23NOS/c1-20-7-5-8-21(2)32(20)23-15-13-22(14-16-23)30-17-24-19-34-28(18-31(24)36-30)27-11-6-10-26-25-9-3-4-12-29(25)35-33(26)27/h3-19H,1-2H3. The minimum Gasteiger partial charge on any atom is -0.455 e. The van der Waals surface area contributed by atoms with Gasteiger partial charge in [-0.25, -0.2) is 0 Å². The maximum Gasteiger partial charge on any atom is 0.144 e. The Morgan fingerprint density at radius 2 is 1.42 bits per heavy atom. The molecule has 2 nitrogen and oxygen atoms in total. The van der Waals surface area contributed by atoms with Gasteiger partial charge in [-0.05, 0) is 65.9 Å². The van der Waals surface area contributed by atoms with E-state index in [4.69, 9.17) is 9.40 Å². The number of rotatable bonds is 3. The zero-order chi connectivity index (χ0) is 24.2. The van der Waals surface area contributed by atoms with Gasteiger partial charge in [-0.15, -0.1) is 11.3 Å². The zero-order valence-corrected chi connectivity index (χ0v) is 20.9. The van der Waals surface area contributed by atoms with Crippen LogP contribution < -0.4 is 0 Å². The lowest BCUT2D eigenvalue weighted by molar-refractivity contribution is 0.670. The number of hydrogen-bond acceptors (Lipinski definition) is 3. The van der Waals surface area contributed by atoms with Gasteiger partial charge in [0.1, 0.15) is 11.2 Å². The van der Waals surface area contributed by atoms with Gasteiger partial charge in [0.15, 0.2) is 0 Å². The first-order valence-corrected chi connectivity index (χ1v) is 12.9. The second-order valence-electron chi connectivity index (χ2n) is 9.34. The van der Waals surface area contributed by atoms with Gasteiger partial charge in [0, 0.05) is 37.5 Å². The molecule has 172 valence electrons. The molecule has 0 bridgehead atoms. The van der Waals surface area contributed by atoms with Crippen LogP contribution in [0.2, 0.25) is 0 Å². The molecule has 3 heterocycles. The molecule has 0 spiro atoms. The molecule has 3 aromatic heterocycles. The van der Waals surface area contributed by atoms with Gasteiger partial charge in [0.25, 0.3) is 0 Å². The van der Waals surface area contributed by atoms with E-state index in [2.05, 4.69) is 98.8 Å². The molecule has 0 atom stereocenters. The third kappa shape index (κ3) is 3.35. The SMILES string of the molecule is Cc1cccc(C)c1-c1ccc(-c2cc3cnc(-c4cccc5c4oc4ccccc45)cc3s2)cc1. The van der Waals surface area contributed by atoms with Crippen molar-refractivity contribution in [2.75, 3.05) is 0 Å². The molecule has 3 heteroatoms. The van der Waals surface area contributed by atoms with E-state index in [0.717, 1.165) is 38.6 Å². The normalized spacial score (nSPS) is 11.6. The molecule has 0 radical (unpaired) electrons. The Morgan fingerprint density at radius 1 is 0.694 bits per heavy atom. The summed E-state index contributed by atoms with van der Waals surface area (Å²) in [6, 6.07) is 34.3. The fourth-order valence-corrected chi connectivity index (χ4v) is 6.32. The third-order valence-electron chi connectivity index (χ3n) is 7.02. The highest BCUT2D eigenvalue weighted by molar-refractivity contribution is 7.22. The van der Waals surface area contributed by atoms with Gasteiger partial charge < -0.3 is 4.42 Å². The van der Waals surface area contributed by atoms with Gasteiger partial charge in [0.2, 0.25) is 0 Å². The Bertz CT molecular complexity index is 1890. The molecule has 0 N–H and O–H groups in total. The topological polar surface area (TPSA) is 26.0 Å². The first kappa shape index (κ1) is 21.1. The minimum atomic E-state index is 0.893. The predicted molar refractivity (Wildman–Crippen MR) is 153 cm³/mol. The number of hydrogen-bond donors (Lipinski definition) is 0. The van der Waals surface area contributed by atoms with Gasteiger partial charge >= 0.3 is 0 Å². The Labute approximate surface area is 213 Å². The van der Waals surface area contributed by atoms with Crippen LogP contribution in [0.5, 0.6) is 0 Å². The number of fused-ring (bicyclic) bond motifs is 4. The van der Waals surface area contributed by atoms with Crippen molar-refractivity contribution >= 4 is 43.4 Å².